The highest BCUT2D eigenvalue weighted by molar-refractivity contribution is 7.99. The van der Waals surface area contributed by atoms with Crippen LogP contribution < -0.4 is 0 Å². The lowest BCUT2D eigenvalue weighted by molar-refractivity contribution is -0.127. The molecule has 0 saturated carbocycles. The first-order valence-corrected chi connectivity index (χ1v) is 7.59. The average Bonchev–Trinajstić information content (AvgIpc) is 2.77. The number of aromatic nitrogens is 2. The predicted molar refractivity (Wildman–Crippen MR) is 77.2 cm³/mol. The van der Waals surface area contributed by atoms with E-state index < -0.39 is 24.2 Å². The molecule has 2 aromatic rings. The second-order valence-electron chi connectivity index (χ2n) is 5.22. The number of nitrogens with zero attached hydrogens (tertiary/aromatic N) is 1. The highest BCUT2D eigenvalue weighted by Gasteiger charge is 2.28. The topological polar surface area (TPSA) is 28.7 Å². The molecule has 2 rings (SSSR count). The molecule has 0 aliphatic heterocycles. The molecule has 0 atom stereocenters. The number of alkyl halides is 3. The second kappa shape index (κ2) is 6.90. The number of nitrogens with one attached hydrogen (secondary N) is 1. The molecule has 0 aliphatic carbocycles. The van der Waals surface area contributed by atoms with Gasteiger partial charge in [-0.05, 0) is 18.1 Å². The Labute approximate surface area is 134 Å². The second-order valence-corrected chi connectivity index (χ2v) is 6.31. The molecule has 1 N–H and O–H groups in total. The fourth-order valence-corrected chi connectivity index (χ4v) is 2.99. The SMILES string of the molecule is CC(C)c1nc([CH]CC(F)(F)F)[nH]c1Sc1cc(F)cc(F)c1. The minimum Gasteiger partial charge on any atom is -0.336 e. The Balaban J connectivity index is 2.24. The van der Waals surface area contributed by atoms with Gasteiger partial charge in [-0.15, -0.1) is 0 Å². The van der Waals surface area contributed by atoms with Crippen molar-refractivity contribution in [1.29, 1.82) is 0 Å². The minimum absolute atomic E-state index is 0.0554. The summed E-state index contributed by atoms with van der Waals surface area (Å²) in [6.45, 7) is 3.67. The monoisotopic (exact) mass is 349 g/mol. The summed E-state index contributed by atoms with van der Waals surface area (Å²) in [6, 6.07) is 3.05. The van der Waals surface area contributed by atoms with Gasteiger partial charge in [-0.25, -0.2) is 13.8 Å². The zero-order chi connectivity index (χ0) is 17.2. The normalized spacial score (nSPS) is 12.2. The van der Waals surface area contributed by atoms with Crippen molar-refractivity contribution < 1.29 is 22.0 Å². The summed E-state index contributed by atoms with van der Waals surface area (Å²) in [7, 11) is 0. The zero-order valence-electron chi connectivity index (χ0n) is 12.3. The van der Waals surface area contributed by atoms with E-state index in [1.165, 1.54) is 0 Å². The van der Waals surface area contributed by atoms with Crippen LogP contribution in [0.4, 0.5) is 22.0 Å². The molecule has 23 heavy (non-hydrogen) atoms. The molecular weight excluding hydrogens is 335 g/mol. The molecule has 0 aliphatic rings. The molecule has 0 spiro atoms. The number of H-pyrrole nitrogens is 1. The zero-order valence-corrected chi connectivity index (χ0v) is 13.2. The number of hydrogen-bond acceptors (Lipinski definition) is 2. The van der Waals surface area contributed by atoms with Gasteiger partial charge in [0.25, 0.3) is 0 Å². The van der Waals surface area contributed by atoms with Gasteiger partial charge in [-0.3, -0.25) is 0 Å². The van der Waals surface area contributed by atoms with Crippen LogP contribution in [0.1, 0.15) is 37.7 Å². The summed E-state index contributed by atoms with van der Waals surface area (Å²) < 4.78 is 63.3. The Morgan fingerprint density at radius 2 is 1.78 bits per heavy atom. The molecule has 1 aromatic carbocycles. The molecule has 0 amide bonds. The number of halogens is 5. The van der Waals surface area contributed by atoms with Crippen molar-refractivity contribution in [2.75, 3.05) is 0 Å². The lowest BCUT2D eigenvalue weighted by Gasteiger charge is -2.05. The molecule has 0 fully saturated rings. The molecule has 0 unspecified atom stereocenters. The van der Waals surface area contributed by atoms with Crippen molar-refractivity contribution in [3.63, 3.8) is 0 Å². The van der Waals surface area contributed by atoms with Gasteiger partial charge in [0.1, 0.15) is 22.5 Å². The lowest BCUT2D eigenvalue weighted by atomic mass is 10.1. The first-order valence-electron chi connectivity index (χ1n) is 6.78. The van der Waals surface area contributed by atoms with Gasteiger partial charge in [0.05, 0.1) is 12.1 Å². The van der Waals surface area contributed by atoms with E-state index in [4.69, 9.17) is 0 Å². The van der Waals surface area contributed by atoms with Crippen LogP contribution in [0.3, 0.4) is 0 Å². The molecule has 1 aromatic heterocycles. The van der Waals surface area contributed by atoms with Gasteiger partial charge >= 0.3 is 6.18 Å². The summed E-state index contributed by atoms with van der Waals surface area (Å²) in [5, 5.41) is 0.471. The number of rotatable bonds is 5. The standard InChI is InChI=1S/C15H14F5N2S/c1-8(2)13-14(22-12(21-13)3-4-15(18,19)20)23-11-6-9(16)5-10(17)7-11/h3,5-8H,4H2,1-2H3,(H,21,22). The first kappa shape index (κ1) is 17.8. The van der Waals surface area contributed by atoms with Crippen LogP contribution in [0.15, 0.2) is 28.1 Å². The van der Waals surface area contributed by atoms with E-state index in [1.807, 2.05) is 13.8 Å². The maximum absolute atomic E-state index is 13.2. The molecule has 0 saturated heterocycles. The van der Waals surface area contributed by atoms with Crippen molar-refractivity contribution in [1.82, 2.24) is 9.97 Å². The van der Waals surface area contributed by atoms with Crippen LogP contribution in [0.2, 0.25) is 0 Å². The van der Waals surface area contributed by atoms with Crippen molar-refractivity contribution in [3.8, 4) is 0 Å². The van der Waals surface area contributed by atoms with Gasteiger partial charge in [0.2, 0.25) is 0 Å². The quantitative estimate of drug-likeness (QED) is 0.726. The third kappa shape index (κ3) is 5.23. The van der Waals surface area contributed by atoms with Crippen LogP contribution in [0.5, 0.6) is 0 Å². The fraction of sp³-hybridized carbons (Fsp3) is 0.333. The Kier molecular flexibility index (Phi) is 5.33. The highest BCUT2D eigenvalue weighted by Crippen LogP contribution is 2.34. The Morgan fingerprint density at radius 1 is 1.17 bits per heavy atom. The highest BCUT2D eigenvalue weighted by atomic mass is 32.2. The average molecular weight is 349 g/mol. The summed E-state index contributed by atoms with van der Waals surface area (Å²) in [5.74, 6) is -1.41. The molecule has 2 nitrogen and oxygen atoms in total. The Hall–Kier alpha value is -1.57. The summed E-state index contributed by atoms with van der Waals surface area (Å²) >= 11 is 1.03. The smallest absolute Gasteiger partial charge is 0.336 e. The third-order valence-electron chi connectivity index (χ3n) is 2.84. The third-order valence-corrected chi connectivity index (χ3v) is 3.83. The largest absolute Gasteiger partial charge is 0.389 e. The molecule has 8 heteroatoms. The summed E-state index contributed by atoms with van der Waals surface area (Å²) in [6.07, 6.45) is -4.47. The van der Waals surface area contributed by atoms with E-state index in [-0.39, 0.29) is 11.7 Å². The van der Waals surface area contributed by atoms with Gasteiger partial charge in [0.15, 0.2) is 0 Å². The predicted octanol–water partition coefficient (Wildman–Crippen LogP) is 5.47. The number of imidazole rings is 1. The lowest BCUT2D eigenvalue weighted by Crippen LogP contribution is -2.07. The number of aromatic amines is 1. The van der Waals surface area contributed by atoms with E-state index in [0.29, 0.717) is 15.6 Å². The number of hydrogen-bond donors (Lipinski definition) is 1. The molecule has 0 bridgehead atoms. The van der Waals surface area contributed by atoms with Crippen LogP contribution in [-0.4, -0.2) is 16.1 Å². The Morgan fingerprint density at radius 3 is 2.30 bits per heavy atom. The van der Waals surface area contributed by atoms with Crippen molar-refractivity contribution >= 4 is 11.8 Å². The Bertz CT molecular complexity index is 659. The van der Waals surface area contributed by atoms with Crippen molar-refractivity contribution in [3.05, 3.63) is 47.8 Å². The van der Waals surface area contributed by atoms with Crippen molar-refractivity contribution in [2.24, 2.45) is 0 Å². The van der Waals surface area contributed by atoms with Crippen LogP contribution in [0.25, 0.3) is 0 Å². The van der Waals surface area contributed by atoms with E-state index >= 15 is 0 Å². The fourth-order valence-electron chi connectivity index (χ4n) is 1.87. The van der Waals surface area contributed by atoms with E-state index in [2.05, 4.69) is 9.97 Å². The van der Waals surface area contributed by atoms with Crippen LogP contribution in [-0.2, 0) is 0 Å². The van der Waals surface area contributed by atoms with E-state index in [1.54, 1.807) is 0 Å². The summed E-state index contributed by atoms with van der Waals surface area (Å²) in [5.41, 5.74) is 0.549. The summed E-state index contributed by atoms with van der Waals surface area (Å²) in [4.78, 5) is 7.21. The molecular formula is C15H14F5N2S. The van der Waals surface area contributed by atoms with Crippen LogP contribution in [0, 0.1) is 18.1 Å². The van der Waals surface area contributed by atoms with Gasteiger partial charge in [0, 0.05) is 17.4 Å². The molecule has 1 heterocycles. The van der Waals surface area contributed by atoms with E-state index in [0.717, 1.165) is 36.4 Å². The van der Waals surface area contributed by atoms with Crippen LogP contribution >= 0.6 is 11.8 Å². The first-order chi connectivity index (χ1) is 10.6. The van der Waals surface area contributed by atoms with E-state index in [9.17, 15) is 22.0 Å². The minimum atomic E-state index is -4.32. The molecule has 125 valence electrons. The van der Waals surface area contributed by atoms with Crippen molar-refractivity contribution in [2.45, 2.75) is 42.3 Å². The molecule has 1 radical (unpaired) electrons. The maximum Gasteiger partial charge on any atom is 0.389 e. The van der Waals surface area contributed by atoms with Gasteiger partial charge in [-0.1, -0.05) is 25.6 Å². The number of benzene rings is 1. The van der Waals surface area contributed by atoms with Gasteiger partial charge < -0.3 is 4.98 Å². The van der Waals surface area contributed by atoms with Gasteiger partial charge in [-0.2, -0.15) is 13.2 Å². The maximum atomic E-state index is 13.2.